The first kappa shape index (κ1) is 21.1. The van der Waals surface area contributed by atoms with Gasteiger partial charge in [-0.25, -0.2) is 4.79 Å². The summed E-state index contributed by atoms with van der Waals surface area (Å²) in [6.45, 7) is 5.61. The molecule has 1 N–H and O–H groups in total. The van der Waals surface area contributed by atoms with Gasteiger partial charge in [-0.15, -0.1) is 0 Å². The second-order valence-electron chi connectivity index (χ2n) is 6.79. The third kappa shape index (κ3) is 5.47. The number of amides is 1. The number of benzene rings is 2. The van der Waals surface area contributed by atoms with E-state index < -0.39 is 11.9 Å². The number of anilines is 1. The maximum Gasteiger partial charge on any atom is 0.338 e. The van der Waals surface area contributed by atoms with Crippen molar-refractivity contribution in [3.63, 3.8) is 0 Å². The number of hydrogen-bond acceptors (Lipinski definition) is 6. The van der Waals surface area contributed by atoms with Crippen LogP contribution in [-0.4, -0.2) is 23.6 Å². The highest BCUT2D eigenvalue weighted by Crippen LogP contribution is 2.19. The Labute approximate surface area is 175 Å². The zero-order valence-electron chi connectivity index (χ0n) is 17.2. The second kappa shape index (κ2) is 9.73. The Morgan fingerprint density at radius 2 is 1.87 bits per heavy atom. The van der Waals surface area contributed by atoms with Crippen molar-refractivity contribution in [3.8, 4) is 5.75 Å². The van der Waals surface area contributed by atoms with E-state index in [9.17, 15) is 9.59 Å². The molecule has 30 heavy (non-hydrogen) atoms. The van der Waals surface area contributed by atoms with E-state index in [0.29, 0.717) is 22.8 Å². The van der Waals surface area contributed by atoms with E-state index >= 15 is 0 Å². The fourth-order valence-corrected chi connectivity index (χ4v) is 2.81. The zero-order chi connectivity index (χ0) is 21.5. The smallest absolute Gasteiger partial charge is 0.338 e. The van der Waals surface area contributed by atoms with E-state index in [1.54, 1.807) is 24.3 Å². The van der Waals surface area contributed by atoms with Crippen molar-refractivity contribution >= 4 is 17.6 Å². The van der Waals surface area contributed by atoms with Gasteiger partial charge in [-0.3, -0.25) is 4.79 Å². The molecule has 7 nitrogen and oxygen atoms in total. The number of ether oxygens (including phenoxy) is 2. The maximum absolute atomic E-state index is 12.3. The van der Waals surface area contributed by atoms with Crippen molar-refractivity contribution < 1.29 is 23.6 Å². The Balaban J connectivity index is 1.52. The minimum absolute atomic E-state index is 0.277. The van der Waals surface area contributed by atoms with Crippen molar-refractivity contribution in [2.24, 2.45) is 0 Å². The largest absolute Gasteiger partial charge is 0.489 e. The predicted molar refractivity (Wildman–Crippen MR) is 111 cm³/mol. The van der Waals surface area contributed by atoms with E-state index in [4.69, 9.17) is 14.0 Å². The molecule has 0 spiro atoms. The lowest BCUT2D eigenvalue weighted by molar-refractivity contribution is -0.119. The van der Waals surface area contributed by atoms with Crippen LogP contribution in [0.2, 0.25) is 0 Å². The summed E-state index contributed by atoms with van der Waals surface area (Å²) in [7, 11) is 0. The van der Waals surface area contributed by atoms with Crippen LogP contribution in [0.5, 0.6) is 5.75 Å². The van der Waals surface area contributed by atoms with Gasteiger partial charge in [0.2, 0.25) is 0 Å². The first-order chi connectivity index (χ1) is 14.5. The number of nitrogens with one attached hydrogen (secondary N) is 1. The van der Waals surface area contributed by atoms with Crippen molar-refractivity contribution in [2.75, 3.05) is 11.9 Å². The number of aryl methyl sites for hydroxylation is 3. The normalized spacial score (nSPS) is 10.5. The molecule has 3 aromatic rings. The van der Waals surface area contributed by atoms with Gasteiger partial charge in [0.05, 0.1) is 16.8 Å². The van der Waals surface area contributed by atoms with Crippen molar-refractivity contribution in [3.05, 3.63) is 76.7 Å². The number of nitrogens with zero attached hydrogens (tertiary/aromatic N) is 1. The summed E-state index contributed by atoms with van der Waals surface area (Å²) in [5.41, 5.74) is 3.76. The summed E-state index contributed by atoms with van der Waals surface area (Å²) in [5, 5.41) is 6.59. The van der Waals surface area contributed by atoms with E-state index in [1.165, 1.54) is 5.56 Å². The summed E-state index contributed by atoms with van der Waals surface area (Å²) in [5.74, 6) is 0.191. The molecular formula is C23H24N2O5. The Morgan fingerprint density at radius 3 is 2.53 bits per heavy atom. The van der Waals surface area contributed by atoms with Crippen molar-refractivity contribution in [1.29, 1.82) is 0 Å². The Kier molecular flexibility index (Phi) is 6.85. The molecule has 1 aromatic heterocycles. The van der Waals surface area contributed by atoms with Crippen LogP contribution < -0.4 is 10.1 Å². The number of esters is 1. The topological polar surface area (TPSA) is 90.7 Å². The number of aromatic nitrogens is 1. The van der Waals surface area contributed by atoms with E-state index in [1.807, 2.05) is 38.1 Å². The van der Waals surface area contributed by atoms with Crippen LogP contribution in [0.25, 0.3) is 0 Å². The molecular weight excluding hydrogens is 384 g/mol. The molecule has 0 saturated carbocycles. The Hall–Kier alpha value is -3.61. The molecule has 2 aromatic carbocycles. The second-order valence-corrected chi connectivity index (χ2v) is 6.79. The summed E-state index contributed by atoms with van der Waals surface area (Å²) < 4.78 is 16.0. The fraction of sp³-hybridized carbons (Fsp3) is 0.261. The molecule has 0 radical (unpaired) electrons. The third-order valence-corrected chi connectivity index (χ3v) is 4.61. The first-order valence-electron chi connectivity index (χ1n) is 9.66. The maximum atomic E-state index is 12.3. The quantitative estimate of drug-likeness (QED) is 0.561. The number of rotatable bonds is 8. The van der Waals surface area contributed by atoms with Crippen LogP contribution in [0.15, 0.2) is 53.1 Å². The standard InChI is InChI=1S/C23H24N2O5/c1-4-17-8-10-19(11-9-17)24-22(26)14-29-23(27)18-6-5-7-20(12-18)28-13-21-15(2)25-30-16(21)3/h5-12H,4,13-14H2,1-3H3,(H,24,26). The molecule has 0 fully saturated rings. The molecule has 0 atom stereocenters. The molecule has 1 amide bonds. The van der Waals surface area contributed by atoms with Crippen LogP contribution >= 0.6 is 0 Å². The van der Waals surface area contributed by atoms with E-state index in [2.05, 4.69) is 17.4 Å². The molecule has 0 aliphatic carbocycles. The van der Waals surface area contributed by atoms with Crippen LogP contribution in [0, 0.1) is 13.8 Å². The Bertz CT molecular complexity index is 1000. The fourth-order valence-electron chi connectivity index (χ4n) is 2.81. The van der Waals surface area contributed by atoms with Gasteiger partial charge in [0.15, 0.2) is 6.61 Å². The minimum atomic E-state index is -0.603. The lowest BCUT2D eigenvalue weighted by atomic mass is 10.1. The average molecular weight is 408 g/mol. The van der Waals surface area contributed by atoms with Crippen molar-refractivity contribution in [2.45, 2.75) is 33.8 Å². The molecule has 0 saturated heterocycles. The van der Waals surface area contributed by atoms with Crippen LogP contribution in [-0.2, 0) is 22.6 Å². The van der Waals surface area contributed by atoms with E-state index in [0.717, 1.165) is 17.7 Å². The molecule has 3 rings (SSSR count). The van der Waals surface area contributed by atoms with Crippen LogP contribution in [0.1, 0.15) is 39.9 Å². The molecule has 1 heterocycles. The van der Waals surface area contributed by atoms with Gasteiger partial charge < -0.3 is 19.3 Å². The molecule has 0 aliphatic rings. The lowest BCUT2D eigenvalue weighted by Crippen LogP contribution is -2.20. The van der Waals surface area contributed by atoms with Gasteiger partial charge >= 0.3 is 5.97 Å². The molecule has 0 bridgehead atoms. The minimum Gasteiger partial charge on any atom is -0.489 e. The third-order valence-electron chi connectivity index (χ3n) is 4.61. The van der Waals surface area contributed by atoms with Gasteiger partial charge in [0.25, 0.3) is 5.91 Å². The van der Waals surface area contributed by atoms with Crippen molar-refractivity contribution in [1.82, 2.24) is 5.16 Å². The SMILES string of the molecule is CCc1ccc(NC(=O)COC(=O)c2cccc(OCc3c(C)noc3C)c2)cc1. The van der Waals surface area contributed by atoms with Gasteiger partial charge in [-0.05, 0) is 56.2 Å². The summed E-state index contributed by atoms with van der Waals surface area (Å²) in [6.07, 6.45) is 0.923. The number of carbonyl (C=O) groups excluding carboxylic acids is 2. The highest BCUT2D eigenvalue weighted by molar-refractivity contribution is 5.95. The molecule has 0 unspecified atom stereocenters. The van der Waals surface area contributed by atoms with Gasteiger partial charge in [0, 0.05) is 5.69 Å². The Morgan fingerprint density at radius 1 is 1.10 bits per heavy atom. The average Bonchev–Trinajstić information content (AvgIpc) is 3.08. The predicted octanol–water partition coefficient (Wildman–Crippen LogP) is 4.23. The summed E-state index contributed by atoms with van der Waals surface area (Å²) >= 11 is 0. The summed E-state index contributed by atoms with van der Waals surface area (Å²) in [4.78, 5) is 24.3. The van der Waals surface area contributed by atoms with E-state index in [-0.39, 0.29) is 13.2 Å². The summed E-state index contributed by atoms with van der Waals surface area (Å²) in [6, 6.07) is 14.1. The molecule has 0 aliphatic heterocycles. The highest BCUT2D eigenvalue weighted by atomic mass is 16.5. The van der Waals surface area contributed by atoms with Gasteiger partial charge in [-0.2, -0.15) is 0 Å². The first-order valence-corrected chi connectivity index (χ1v) is 9.66. The molecule has 156 valence electrons. The van der Waals surface area contributed by atoms with Gasteiger partial charge in [-0.1, -0.05) is 30.3 Å². The van der Waals surface area contributed by atoms with Crippen LogP contribution in [0.3, 0.4) is 0 Å². The number of carbonyl (C=O) groups is 2. The van der Waals surface area contributed by atoms with Gasteiger partial charge in [0.1, 0.15) is 18.1 Å². The molecule has 7 heteroatoms. The number of hydrogen-bond donors (Lipinski definition) is 1. The lowest BCUT2D eigenvalue weighted by Gasteiger charge is -2.09. The highest BCUT2D eigenvalue weighted by Gasteiger charge is 2.13. The monoisotopic (exact) mass is 408 g/mol. The zero-order valence-corrected chi connectivity index (χ0v) is 17.2. The van der Waals surface area contributed by atoms with Crippen LogP contribution in [0.4, 0.5) is 5.69 Å².